The molecular formula is C36H49O2P. The van der Waals surface area contributed by atoms with Crippen molar-refractivity contribution in [3.63, 3.8) is 0 Å². The second-order valence-corrected chi connectivity index (χ2v) is 15.2. The summed E-state index contributed by atoms with van der Waals surface area (Å²) >= 11 is 0. The van der Waals surface area contributed by atoms with Gasteiger partial charge >= 0.3 is 0 Å². The van der Waals surface area contributed by atoms with Gasteiger partial charge in [-0.05, 0) is 53.6 Å². The van der Waals surface area contributed by atoms with Crippen molar-refractivity contribution in [1.82, 2.24) is 0 Å². The molecule has 0 bridgehead atoms. The van der Waals surface area contributed by atoms with Gasteiger partial charge in [-0.25, -0.2) is 0 Å². The Morgan fingerprint density at radius 3 is 2.05 bits per heavy atom. The number of hydrogen-bond acceptors (Lipinski definition) is 2. The van der Waals surface area contributed by atoms with Gasteiger partial charge in [-0.3, -0.25) is 4.79 Å². The predicted octanol–water partition coefficient (Wildman–Crippen LogP) is 9.78. The summed E-state index contributed by atoms with van der Waals surface area (Å²) in [7, 11) is 0.450. The van der Waals surface area contributed by atoms with E-state index in [1.165, 1.54) is 22.3 Å². The first-order valence-electron chi connectivity index (χ1n) is 14.4. The Hall–Kier alpha value is -2.44. The van der Waals surface area contributed by atoms with E-state index in [0.29, 0.717) is 15.2 Å². The molecule has 0 fully saturated rings. The molecule has 0 heterocycles. The summed E-state index contributed by atoms with van der Waals surface area (Å²) in [5.41, 5.74) is 6.91. The van der Waals surface area contributed by atoms with Crippen LogP contribution in [0.15, 0.2) is 60.7 Å². The van der Waals surface area contributed by atoms with E-state index in [1.807, 2.05) is 6.07 Å². The molecule has 0 aliphatic heterocycles. The molecule has 2 unspecified atom stereocenters. The van der Waals surface area contributed by atoms with Gasteiger partial charge in [0.1, 0.15) is 12.4 Å². The van der Waals surface area contributed by atoms with Gasteiger partial charge < -0.3 is 4.74 Å². The standard InChI is InChI=1S/C36H49O2P/c1-11-12-20-36(10,39-32-19-18-25(2)21-29(32)26(3)37)31-23-28(34(4,5)6)22-30(35(7,8)9)33(31)38-24-27-16-14-13-15-17-27/h13-19,21-23,39H,11-12,20,24H2,1-10H3. The van der Waals surface area contributed by atoms with Crippen LogP contribution in [-0.2, 0) is 22.6 Å². The molecule has 2 nitrogen and oxygen atoms in total. The number of hydrogen-bond donors (Lipinski definition) is 0. The number of unbranched alkanes of at least 4 members (excludes halogenated alkanes) is 1. The molecule has 39 heavy (non-hydrogen) atoms. The zero-order chi connectivity index (χ0) is 29.0. The van der Waals surface area contributed by atoms with Crippen LogP contribution < -0.4 is 10.0 Å². The van der Waals surface area contributed by atoms with Crippen LogP contribution in [0.1, 0.15) is 120 Å². The number of carbonyl (C=O) groups excluding carboxylic acids is 1. The van der Waals surface area contributed by atoms with E-state index in [9.17, 15) is 4.79 Å². The second-order valence-electron chi connectivity index (χ2n) is 13.3. The molecular weight excluding hydrogens is 495 g/mol. The van der Waals surface area contributed by atoms with Gasteiger partial charge in [-0.15, -0.1) is 0 Å². The van der Waals surface area contributed by atoms with Gasteiger partial charge in [0.2, 0.25) is 0 Å². The van der Waals surface area contributed by atoms with Crippen molar-refractivity contribution in [3.8, 4) is 5.75 Å². The number of aryl methyl sites for hydroxylation is 1. The van der Waals surface area contributed by atoms with Gasteiger partial charge in [0, 0.05) is 21.8 Å². The fraction of sp³-hybridized carbons (Fsp3) is 0.472. The van der Waals surface area contributed by atoms with E-state index < -0.39 is 0 Å². The van der Waals surface area contributed by atoms with Crippen LogP contribution in [0, 0.1) is 6.92 Å². The number of benzene rings is 3. The van der Waals surface area contributed by atoms with Crippen molar-refractivity contribution in [2.24, 2.45) is 0 Å². The summed E-state index contributed by atoms with van der Waals surface area (Å²) in [4.78, 5) is 12.7. The highest BCUT2D eigenvalue weighted by Crippen LogP contribution is 2.52. The van der Waals surface area contributed by atoms with Crippen molar-refractivity contribution >= 4 is 19.7 Å². The highest BCUT2D eigenvalue weighted by atomic mass is 31.1. The molecule has 0 saturated carbocycles. The Labute approximate surface area is 239 Å². The third kappa shape index (κ3) is 7.82. The van der Waals surface area contributed by atoms with E-state index in [4.69, 9.17) is 4.74 Å². The van der Waals surface area contributed by atoms with Crippen molar-refractivity contribution in [2.75, 3.05) is 0 Å². The Balaban J connectivity index is 2.30. The number of Topliss-reactive ketones (excluding diaryl/α,β-unsaturated/α-hetero) is 1. The van der Waals surface area contributed by atoms with Crippen molar-refractivity contribution < 1.29 is 9.53 Å². The molecule has 3 aromatic carbocycles. The summed E-state index contributed by atoms with van der Waals surface area (Å²) in [6.07, 6.45) is 3.28. The Morgan fingerprint density at radius 2 is 1.49 bits per heavy atom. The lowest BCUT2D eigenvalue weighted by Gasteiger charge is -2.37. The number of rotatable bonds is 10. The maximum absolute atomic E-state index is 12.7. The first kappa shape index (κ1) is 31.1. The monoisotopic (exact) mass is 544 g/mol. The van der Waals surface area contributed by atoms with Gasteiger partial charge in [0.05, 0.1) is 0 Å². The Kier molecular flexibility index (Phi) is 9.87. The average Bonchev–Trinajstić information content (AvgIpc) is 2.86. The molecule has 3 heteroatoms. The van der Waals surface area contributed by atoms with Crippen LogP contribution >= 0.6 is 8.58 Å². The zero-order valence-corrected chi connectivity index (χ0v) is 26.9. The number of ketones is 1. The molecule has 2 atom stereocenters. The van der Waals surface area contributed by atoms with Crippen LogP contribution in [0.3, 0.4) is 0 Å². The van der Waals surface area contributed by atoms with E-state index in [2.05, 4.69) is 117 Å². The summed E-state index contributed by atoms with van der Waals surface area (Å²) in [6, 6.07) is 21.6. The average molecular weight is 545 g/mol. The first-order valence-corrected chi connectivity index (χ1v) is 15.4. The number of carbonyl (C=O) groups is 1. The summed E-state index contributed by atoms with van der Waals surface area (Å²) < 4.78 is 6.85. The maximum Gasteiger partial charge on any atom is 0.160 e. The lowest BCUT2D eigenvalue weighted by molar-refractivity contribution is 0.101. The van der Waals surface area contributed by atoms with E-state index >= 15 is 0 Å². The lowest BCUT2D eigenvalue weighted by atomic mass is 9.76. The third-order valence-corrected chi connectivity index (χ3v) is 9.36. The molecule has 3 aromatic rings. The van der Waals surface area contributed by atoms with Gasteiger partial charge in [0.15, 0.2) is 5.78 Å². The third-order valence-electron chi connectivity index (χ3n) is 7.58. The van der Waals surface area contributed by atoms with Crippen LogP contribution in [0.25, 0.3) is 0 Å². The van der Waals surface area contributed by atoms with E-state index in [-0.39, 0.29) is 21.8 Å². The molecule has 0 saturated heterocycles. The normalized spacial score (nSPS) is 14.0. The molecule has 0 N–H and O–H groups in total. The van der Waals surface area contributed by atoms with Crippen molar-refractivity contribution in [1.29, 1.82) is 0 Å². The highest BCUT2D eigenvalue weighted by molar-refractivity contribution is 7.48. The van der Waals surface area contributed by atoms with Crippen molar-refractivity contribution in [2.45, 2.75) is 111 Å². The zero-order valence-electron chi connectivity index (χ0n) is 25.9. The largest absolute Gasteiger partial charge is 0.488 e. The smallest absolute Gasteiger partial charge is 0.160 e. The number of ether oxygens (including phenoxy) is 1. The minimum Gasteiger partial charge on any atom is -0.488 e. The van der Waals surface area contributed by atoms with Crippen LogP contribution in [0.2, 0.25) is 0 Å². The van der Waals surface area contributed by atoms with E-state index in [0.717, 1.165) is 41.4 Å². The van der Waals surface area contributed by atoms with Crippen LogP contribution in [0.5, 0.6) is 5.75 Å². The molecule has 0 aromatic heterocycles. The quantitative estimate of drug-likeness (QED) is 0.188. The maximum atomic E-state index is 12.7. The second kappa shape index (κ2) is 12.4. The lowest BCUT2D eigenvalue weighted by Crippen LogP contribution is -2.26. The first-order chi connectivity index (χ1) is 18.2. The Bertz CT molecular complexity index is 1280. The van der Waals surface area contributed by atoms with E-state index in [1.54, 1.807) is 6.92 Å². The fourth-order valence-corrected chi connectivity index (χ4v) is 6.83. The summed E-state index contributed by atoms with van der Waals surface area (Å²) in [6.45, 7) is 22.7. The van der Waals surface area contributed by atoms with Gasteiger partial charge in [-0.2, -0.15) is 0 Å². The topological polar surface area (TPSA) is 26.3 Å². The van der Waals surface area contributed by atoms with Crippen LogP contribution in [-0.4, -0.2) is 5.78 Å². The molecule has 3 rings (SSSR count). The molecule has 0 aliphatic carbocycles. The predicted molar refractivity (Wildman–Crippen MR) is 171 cm³/mol. The molecule has 0 amide bonds. The van der Waals surface area contributed by atoms with Gasteiger partial charge in [0.25, 0.3) is 0 Å². The molecule has 210 valence electrons. The highest BCUT2D eigenvalue weighted by Gasteiger charge is 2.36. The minimum atomic E-state index is -0.178. The molecule has 0 spiro atoms. The summed E-state index contributed by atoms with van der Waals surface area (Å²) in [5.74, 6) is 1.15. The fourth-order valence-electron chi connectivity index (χ4n) is 5.06. The van der Waals surface area contributed by atoms with Gasteiger partial charge in [-0.1, -0.05) is 137 Å². The summed E-state index contributed by atoms with van der Waals surface area (Å²) in [5, 5.41) is 0.974. The van der Waals surface area contributed by atoms with Crippen LogP contribution in [0.4, 0.5) is 0 Å². The minimum absolute atomic E-state index is 0.00408. The SMILES string of the molecule is CCCCC(C)(Pc1ccc(C)cc1C(C)=O)c1cc(C(C)(C)C)cc(C(C)(C)C)c1OCc1ccccc1. The Morgan fingerprint density at radius 1 is 0.846 bits per heavy atom. The van der Waals surface area contributed by atoms with Crippen molar-refractivity contribution in [3.05, 3.63) is 94.0 Å². The molecule has 0 radical (unpaired) electrons. The molecule has 0 aliphatic rings.